The number of anilines is 1. The first-order valence-electron chi connectivity index (χ1n) is 6.18. The molecular formula is C13H18N2O2. The Hall–Kier alpha value is -1.42. The first-order valence-corrected chi connectivity index (χ1v) is 6.18. The fourth-order valence-corrected chi connectivity index (χ4v) is 2.46. The second kappa shape index (κ2) is 4.45. The largest absolute Gasteiger partial charge is 0.486 e. The fraction of sp³-hybridized carbons (Fsp3) is 0.538. The Morgan fingerprint density at radius 3 is 2.82 bits per heavy atom. The van der Waals surface area contributed by atoms with Crippen molar-refractivity contribution in [3.05, 3.63) is 18.2 Å². The van der Waals surface area contributed by atoms with Crippen LogP contribution in [0.15, 0.2) is 18.2 Å². The van der Waals surface area contributed by atoms with Gasteiger partial charge in [0.2, 0.25) is 0 Å². The van der Waals surface area contributed by atoms with Crippen molar-refractivity contribution in [2.45, 2.75) is 12.5 Å². The van der Waals surface area contributed by atoms with Crippen molar-refractivity contribution in [2.24, 2.45) is 0 Å². The molecule has 1 N–H and O–H groups in total. The molecule has 2 aliphatic heterocycles. The number of likely N-dealkylation sites (N-methyl/N-ethyl adjacent to an activating group) is 1. The van der Waals surface area contributed by atoms with E-state index in [4.69, 9.17) is 9.47 Å². The summed E-state index contributed by atoms with van der Waals surface area (Å²) in [6.07, 6.45) is 1.20. The van der Waals surface area contributed by atoms with Gasteiger partial charge in [0.15, 0.2) is 11.5 Å². The molecule has 0 aliphatic carbocycles. The maximum absolute atomic E-state index is 5.61. The third kappa shape index (κ3) is 2.05. The van der Waals surface area contributed by atoms with E-state index < -0.39 is 0 Å². The Morgan fingerprint density at radius 1 is 1.24 bits per heavy atom. The van der Waals surface area contributed by atoms with Crippen molar-refractivity contribution in [1.29, 1.82) is 0 Å². The smallest absolute Gasteiger partial charge is 0.163 e. The third-order valence-electron chi connectivity index (χ3n) is 3.49. The van der Waals surface area contributed by atoms with E-state index in [0.717, 1.165) is 24.6 Å². The van der Waals surface area contributed by atoms with Gasteiger partial charge in [0.1, 0.15) is 13.2 Å². The van der Waals surface area contributed by atoms with Gasteiger partial charge in [0, 0.05) is 30.9 Å². The van der Waals surface area contributed by atoms with Crippen LogP contribution in [-0.4, -0.2) is 39.4 Å². The van der Waals surface area contributed by atoms with Gasteiger partial charge in [-0.25, -0.2) is 0 Å². The number of rotatable bonds is 2. The lowest BCUT2D eigenvalue weighted by molar-refractivity contribution is 0.171. The van der Waals surface area contributed by atoms with Gasteiger partial charge in [-0.3, -0.25) is 0 Å². The molecule has 0 saturated carbocycles. The minimum absolute atomic E-state index is 0.600. The van der Waals surface area contributed by atoms with Gasteiger partial charge in [0.05, 0.1) is 0 Å². The molecule has 4 heteroatoms. The molecule has 0 radical (unpaired) electrons. The van der Waals surface area contributed by atoms with Gasteiger partial charge < -0.3 is 19.7 Å². The zero-order chi connectivity index (χ0) is 11.7. The maximum atomic E-state index is 5.61. The Morgan fingerprint density at radius 2 is 2.06 bits per heavy atom. The summed E-state index contributed by atoms with van der Waals surface area (Å²) in [6.45, 7) is 3.47. The average Bonchev–Trinajstić information content (AvgIpc) is 2.87. The van der Waals surface area contributed by atoms with Crippen LogP contribution in [0.1, 0.15) is 6.42 Å². The Kier molecular flexibility index (Phi) is 2.81. The van der Waals surface area contributed by atoms with Gasteiger partial charge in [-0.2, -0.15) is 0 Å². The van der Waals surface area contributed by atoms with E-state index in [-0.39, 0.29) is 0 Å². The Bertz CT molecular complexity index is 408. The summed E-state index contributed by atoms with van der Waals surface area (Å²) in [4.78, 5) is 2.39. The molecule has 0 bridgehead atoms. The molecule has 17 heavy (non-hydrogen) atoms. The van der Waals surface area contributed by atoms with Crippen LogP contribution in [0.3, 0.4) is 0 Å². The summed E-state index contributed by atoms with van der Waals surface area (Å²) in [7, 11) is 2.03. The Balaban J connectivity index is 1.79. The number of nitrogens with zero attached hydrogens (tertiary/aromatic N) is 1. The van der Waals surface area contributed by atoms with E-state index in [1.165, 1.54) is 12.1 Å². The van der Waals surface area contributed by atoms with Crippen LogP contribution in [0.4, 0.5) is 5.69 Å². The molecule has 1 aromatic rings. The topological polar surface area (TPSA) is 33.7 Å². The number of hydrogen-bond acceptors (Lipinski definition) is 4. The normalized spacial score (nSPS) is 22.9. The highest BCUT2D eigenvalue weighted by molar-refractivity contribution is 5.57. The molecule has 3 rings (SSSR count). The van der Waals surface area contributed by atoms with Crippen LogP contribution >= 0.6 is 0 Å². The number of hydrogen-bond donors (Lipinski definition) is 1. The molecule has 92 valence electrons. The van der Waals surface area contributed by atoms with Gasteiger partial charge in [0.25, 0.3) is 0 Å². The van der Waals surface area contributed by atoms with Crippen LogP contribution < -0.4 is 19.7 Å². The Labute approximate surface area is 102 Å². The van der Waals surface area contributed by atoms with Crippen LogP contribution in [0.5, 0.6) is 11.5 Å². The first kappa shape index (κ1) is 10.7. The standard InChI is InChI=1S/C13H18N2O2/c1-14-10-4-5-15(9-10)11-2-3-12-13(8-11)17-7-6-16-12/h2-3,8,10,14H,4-7,9H2,1H3. The molecule has 2 heterocycles. The monoisotopic (exact) mass is 234 g/mol. The van der Waals surface area contributed by atoms with Crippen molar-refractivity contribution < 1.29 is 9.47 Å². The van der Waals surface area contributed by atoms with Gasteiger partial charge in [-0.15, -0.1) is 0 Å². The van der Waals surface area contributed by atoms with Crippen molar-refractivity contribution in [3.8, 4) is 11.5 Å². The minimum Gasteiger partial charge on any atom is -0.486 e. The van der Waals surface area contributed by atoms with E-state index in [9.17, 15) is 0 Å². The van der Waals surface area contributed by atoms with E-state index >= 15 is 0 Å². The summed E-state index contributed by atoms with van der Waals surface area (Å²) >= 11 is 0. The van der Waals surface area contributed by atoms with Gasteiger partial charge in [-0.05, 0) is 25.6 Å². The summed E-state index contributed by atoms with van der Waals surface area (Å²) in [5.41, 5.74) is 1.23. The second-order valence-corrected chi connectivity index (χ2v) is 4.55. The zero-order valence-electron chi connectivity index (χ0n) is 10.1. The van der Waals surface area contributed by atoms with E-state index in [1.807, 2.05) is 13.1 Å². The average molecular weight is 234 g/mol. The molecule has 1 aromatic carbocycles. The molecule has 0 aromatic heterocycles. The van der Waals surface area contributed by atoms with Gasteiger partial charge in [-0.1, -0.05) is 0 Å². The van der Waals surface area contributed by atoms with Crippen LogP contribution in [0.25, 0.3) is 0 Å². The second-order valence-electron chi connectivity index (χ2n) is 4.55. The lowest BCUT2D eigenvalue weighted by atomic mass is 10.2. The predicted molar refractivity (Wildman–Crippen MR) is 67.1 cm³/mol. The molecule has 4 nitrogen and oxygen atoms in total. The van der Waals surface area contributed by atoms with Gasteiger partial charge >= 0.3 is 0 Å². The molecule has 0 amide bonds. The maximum Gasteiger partial charge on any atom is 0.163 e. The SMILES string of the molecule is CNC1CCN(c2ccc3c(c2)OCCO3)C1. The molecule has 0 spiro atoms. The summed E-state index contributed by atoms with van der Waals surface area (Å²) in [6, 6.07) is 6.82. The number of nitrogens with one attached hydrogen (secondary N) is 1. The molecule has 1 atom stereocenters. The fourth-order valence-electron chi connectivity index (χ4n) is 2.46. The van der Waals surface area contributed by atoms with Crippen molar-refractivity contribution >= 4 is 5.69 Å². The number of ether oxygens (including phenoxy) is 2. The minimum atomic E-state index is 0.600. The van der Waals surface area contributed by atoms with Crippen molar-refractivity contribution in [3.63, 3.8) is 0 Å². The molecule has 1 unspecified atom stereocenters. The summed E-state index contributed by atoms with van der Waals surface area (Å²) in [5.74, 6) is 1.74. The van der Waals surface area contributed by atoms with Crippen LogP contribution in [0, 0.1) is 0 Å². The van der Waals surface area contributed by atoms with Crippen molar-refractivity contribution in [1.82, 2.24) is 5.32 Å². The highest BCUT2D eigenvalue weighted by atomic mass is 16.6. The highest BCUT2D eigenvalue weighted by Crippen LogP contribution is 2.34. The molecular weight excluding hydrogens is 216 g/mol. The van der Waals surface area contributed by atoms with Crippen molar-refractivity contribution in [2.75, 3.05) is 38.3 Å². The van der Waals surface area contributed by atoms with E-state index in [0.29, 0.717) is 19.3 Å². The predicted octanol–water partition coefficient (Wildman–Crippen LogP) is 1.26. The highest BCUT2D eigenvalue weighted by Gasteiger charge is 2.22. The molecule has 2 aliphatic rings. The first-order chi connectivity index (χ1) is 8.36. The molecule has 1 saturated heterocycles. The third-order valence-corrected chi connectivity index (χ3v) is 3.49. The molecule has 1 fully saturated rings. The van der Waals surface area contributed by atoms with E-state index in [2.05, 4.69) is 22.3 Å². The lowest BCUT2D eigenvalue weighted by Crippen LogP contribution is -2.29. The number of benzene rings is 1. The van der Waals surface area contributed by atoms with Crippen LogP contribution in [-0.2, 0) is 0 Å². The van der Waals surface area contributed by atoms with Crippen LogP contribution in [0.2, 0.25) is 0 Å². The lowest BCUT2D eigenvalue weighted by Gasteiger charge is -2.23. The summed E-state index contributed by atoms with van der Waals surface area (Å²) in [5, 5.41) is 3.33. The summed E-state index contributed by atoms with van der Waals surface area (Å²) < 4.78 is 11.1. The number of fused-ring (bicyclic) bond motifs is 1. The van der Waals surface area contributed by atoms with E-state index in [1.54, 1.807) is 0 Å². The zero-order valence-corrected chi connectivity index (χ0v) is 10.1. The quantitative estimate of drug-likeness (QED) is 0.835.